The van der Waals surface area contributed by atoms with Gasteiger partial charge in [-0.1, -0.05) is 18.2 Å². The molecule has 1 aromatic carbocycles. The minimum absolute atomic E-state index is 0. The van der Waals surface area contributed by atoms with Crippen molar-refractivity contribution in [3.63, 3.8) is 0 Å². The number of guanidine groups is 1. The van der Waals surface area contributed by atoms with Crippen molar-refractivity contribution in [1.29, 1.82) is 0 Å². The van der Waals surface area contributed by atoms with Crippen molar-refractivity contribution in [2.24, 2.45) is 10.7 Å². The molecule has 0 aliphatic rings. The predicted molar refractivity (Wildman–Crippen MR) is 77.4 cm³/mol. The summed E-state index contributed by atoms with van der Waals surface area (Å²) in [5.41, 5.74) is 6.78. The van der Waals surface area contributed by atoms with Gasteiger partial charge in [-0.05, 0) is 6.07 Å². The number of nitrogens with zero attached hydrogens (tertiary/aromatic N) is 2. The maximum Gasteiger partial charge on any atom is 0.191 e. The molecule has 0 radical (unpaired) electrons. The molecule has 0 heterocycles. The zero-order valence-electron chi connectivity index (χ0n) is 9.80. The van der Waals surface area contributed by atoms with Gasteiger partial charge in [0.1, 0.15) is 5.75 Å². The molecule has 0 aliphatic carbocycles. The SMILES string of the molecule is CN=C(N)N(C)Cc1ccccc1OC.I. The summed E-state index contributed by atoms with van der Waals surface area (Å²) in [6.07, 6.45) is 0. The van der Waals surface area contributed by atoms with E-state index in [0.29, 0.717) is 12.5 Å². The number of hydrogen-bond acceptors (Lipinski definition) is 2. The summed E-state index contributed by atoms with van der Waals surface area (Å²) in [5, 5.41) is 0. The molecule has 90 valence electrons. The summed E-state index contributed by atoms with van der Waals surface area (Å²) in [4.78, 5) is 5.79. The van der Waals surface area contributed by atoms with E-state index in [1.165, 1.54) is 0 Å². The summed E-state index contributed by atoms with van der Waals surface area (Å²) in [6.45, 7) is 0.688. The normalized spacial score (nSPS) is 10.6. The Morgan fingerprint density at radius 3 is 2.62 bits per heavy atom. The van der Waals surface area contributed by atoms with Crippen LogP contribution in [-0.2, 0) is 6.54 Å². The second-order valence-electron chi connectivity index (χ2n) is 3.25. The van der Waals surface area contributed by atoms with Gasteiger partial charge < -0.3 is 15.4 Å². The predicted octanol–water partition coefficient (Wildman–Crippen LogP) is 1.69. The van der Waals surface area contributed by atoms with Crippen molar-refractivity contribution in [1.82, 2.24) is 4.90 Å². The van der Waals surface area contributed by atoms with Gasteiger partial charge >= 0.3 is 0 Å². The average Bonchev–Trinajstić information content (AvgIpc) is 2.28. The van der Waals surface area contributed by atoms with E-state index in [0.717, 1.165) is 11.3 Å². The smallest absolute Gasteiger partial charge is 0.191 e. The molecular weight excluding hydrogens is 317 g/mol. The largest absolute Gasteiger partial charge is 0.496 e. The van der Waals surface area contributed by atoms with Crippen molar-refractivity contribution >= 4 is 29.9 Å². The molecule has 4 nitrogen and oxygen atoms in total. The highest BCUT2D eigenvalue weighted by molar-refractivity contribution is 14.0. The molecule has 0 saturated carbocycles. The Kier molecular flexibility index (Phi) is 6.87. The summed E-state index contributed by atoms with van der Waals surface area (Å²) < 4.78 is 5.25. The van der Waals surface area contributed by atoms with Gasteiger partial charge in [-0.15, -0.1) is 24.0 Å². The van der Waals surface area contributed by atoms with Crippen molar-refractivity contribution in [2.75, 3.05) is 21.2 Å². The fourth-order valence-electron chi connectivity index (χ4n) is 1.34. The summed E-state index contributed by atoms with van der Waals surface area (Å²) in [5.74, 6) is 1.38. The van der Waals surface area contributed by atoms with Gasteiger partial charge in [0.15, 0.2) is 5.96 Å². The van der Waals surface area contributed by atoms with E-state index < -0.39 is 0 Å². The highest BCUT2D eigenvalue weighted by Crippen LogP contribution is 2.18. The van der Waals surface area contributed by atoms with Crippen LogP contribution in [0, 0.1) is 0 Å². The number of ether oxygens (including phenoxy) is 1. The first-order valence-electron chi connectivity index (χ1n) is 4.74. The molecule has 0 fully saturated rings. The Hall–Kier alpha value is -0.980. The Morgan fingerprint density at radius 1 is 1.44 bits per heavy atom. The van der Waals surface area contributed by atoms with Crippen LogP contribution in [0.25, 0.3) is 0 Å². The van der Waals surface area contributed by atoms with Crippen LogP contribution in [0.15, 0.2) is 29.3 Å². The lowest BCUT2D eigenvalue weighted by Crippen LogP contribution is -2.33. The van der Waals surface area contributed by atoms with Crippen molar-refractivity contribution in [3.05, 3.63) is 29.8 Å². The maximum atomic E-state index is 5.69. The molecule has 0 aliphatic heterocycles. The summed E-state index contributed by atoms with van der Waals surface area (Å²) >= 11 is 0. The number of aliphatic imine (C=N–C) groups is 1. The zero-order valence-corrected chi connectivity index (χ0v) is 12.1. The van der Waals surface area contributed by atoms with Crippen LogP contribution < -0.4 is 10.5 Å². The molecule has 0 aromatic heterocycles. The molecule has 1 aromatic rings. The van der Waals surface area contributed by atoms with Crippen molar-refractivity contribution < 1.29 is 4.74 Å². The second-order valence-corrected chi connectivity index (χ2v) is 3.25. The first-order chi connectivity index (χ1) is 7.19. The molecule has 0 unspecified atom stereocenters. The van der Waals surface area contributed by atoms with E-state index in [1.807, 2.05) is 36.2 Å². The quantitative estimate of drug-likeness (QED) is 0.520. The average molecular weight is 335 g/mol. The number of nitrogens with two attached hydrogens (primary N) is 1. The van der Waals surface area contributed by atoms with E-state index in [9.17, 15) is 0 Å². The van der Waals surface area contributed by atoms with Gasteiger partial charge in [0.25, 0.3) is 0 Å². The molecule has 0 saturated heterocycles. The molecule has 16 heavy (non-hydrogen) atoms. The fourth-order valence-corrected chi connectivity index (χ4v) is 1.34. The molecule has 1 rings (SSSR count). The van der Waals surface area contributed by atoms with Crippen LogP contribution in [0.2, 0.25) is 0 Å². The fraction of sp³-hybridized carbons (Fsp3) is 0.364. The Labute approximate surface area is 114 Å². The molecule has 0 atom stereocenters. The lowest BCUT2D eigenvalue weighted by Gasteiger charge is -2.19. The van der Waals surface area contributed by atoms with Gasteiger partial charge in [-0.25, -0.2) is 0 Å². The number of methoxy groups -OCH3 is 1. The minimum Gasteiger partial charge on any atom is -0.496 e. The number of rotatable bonds is 3. The standard InChI is InChI=1S/C11H17N3O.HI/c1-13-11(12)14(2)8-9-6-4-5-7-10(9)15-3;/h4-7H,8H2,1-3H3,(H2,12,13);1H. The molecule has 5 heteroatoms. The highest BCUT2D eigenvalue weighted by atomic mass is 127. The van der Waals surface area contributed by atoms with Crippen LogP contribution in [0.1, 0.15) is 5.56 Å². The Bertz CT molecular complexity index is 355. The van der Waals surface area contributed by atoms with Crippen LogP contribution in [0.5, 0.6) is 5.75 Å². The zero-order chi connectivity index (χ0) is 11.3. The van der Waals surface area contributed by atoms with E-state index in [4.69, 9.17) is 10.5 Å². The third-order valence-corrected chi connectivity index (χ3v) is 2.22. The van der Waals surface area contributed by atoms with Gasteiger partial charge in [0.05, 0.1) is 7.11 Å². The molecular formula is C11H18IN3O. The summed E-state index contributed by atoms with van der Waals surface area (Å²) in [7, 11) is 5.24. The minimum atomic E-state index is 0. The maximum absolute atomic E-state index is 5.69. The molecule has 0 amide bonds. The van der Waals surface area contributed by atoms with Crippen molar-refractivity contribution in [2.45, 2.75) is 6.54 Å². The first-order valence-corrected chi connectivity index (χ1v) is 4.74. The van der Waals surface area contributed by atoms with Gasteiger partial charge in [-0.2, -0.15) is 0 Å². The number of benzene rings is 1. The van der Waals surface area contributed by atoms with Crippen LogP contribution in [-0.4, -0.2) is 32.1 Å². The lowest BCUT2D eigenvalue weighted by atomic mass is 10.2. The Balaban J connectivity index is 0.00000225. The first kappa shape index (κ1) is 15.0. The van der Waals surface area contributed by atoms with Crippen molar-refractivity contribution in [3.8, 4) is 5.75 Å². The van der Waals surface area contributed by atoms with Crippen LogP contribution >= 0.6 is 24.0 Å². The van der Waals surface area contributed by atoms with Gasteiger partial charge in [0, 0.05) is 26.2 Å². The van der Waals surface area contributed by atoms with E-state index in [2.05, 4.69) is 4.99 Å². The summed E-state index contributed by atoms with van der Waals surface area (Å²) in [6, 6.07) is 7.87. The second kappa shape index (κ2) is 7.32. The molecule has 0 spiro atoms. The number of halogens is 1. The van der Waals surface area contributed by atoms with Crippen LogP contribution in [0.4, 0.5) is 0 Å². The number of hydrogen-bond donors (Lipinski definition) is 1. The molecule has 2 N–H and O–H groups in total. The van der Waals surface area contributed by atoms with E-state index in [-0.39, 0.29) is 24.0 Å². The Morgan fingerprint density at radius 2 is 2.06 bits per heavy atom. The third-order valence-electron chi connectivity index (χ3n) is 2.22. The van der Waals surface area contributed by atoms with Crippen LogP contribution in [0.3, 0.4) is 0 Å². The van der Waals surface area contributed by atoms with E-state index >= 15 is 0 Å². The number of para-hydroxylation sites is 1. The molecule has 0 bridgehead atoms. The van der Waals surface area contributed by atoms with Gasteiger partial charge in [-0.3, -0.25) is 4.99 Å². The monoisotopic (exact) mass is 335 g/mol. The van der Waals surface area contributed by atoms with Gasteiger partial charge in [0.2, 0.25) is 0 Å². The highest BCUT2D eigenvalue weighted by Gasteiger charge is 2.06. The van der Waals surface area contributed by atoms with E-state index in [1.54, 1.807) is 14.2 Å². The third kappa shape index (κ3) is 3.88. The topological polar surface area (TPSA) is 50.8 Å². The lowest BCUT2D eigenvalue weighted by molar-refractivity contribution is 0.398.